The van der Waals surface area contributed by atoms with Crippen molar-refractivity contribution in [2.75, 3.05) is 19.7 Å². The molecule has 1 aliphatic rings. The van der Waals surface area contributed by atoms with Gasteiger partial charge in [-0.05, 0) is 39.2 Å². The Kier molecular flexibility index (Phi) is 6.03. The lowest BCUT2D eigenvalue weighted by Crippen LogP contribution is -2.47. The molecule has 96 valence electrons. The second-order valence-electron chi connectivity index (χ2n) is 4.50. The highest BCUT2D eigenvalue weighted by atomic mass is 16.3. The molecule has 1 amide bonds. The van der Waals surface area contributed by atoms with Gasteiger partial charge in [0, 0.05) is 12.6 Å². The SMILES string of the molecule is C#CCNC(=O)C(C)N1CCCC1CCCO. The molecular weight excluding hydrogens is 216 g/mol. The fourth-order valence-electron chi connectivity index (χ4n) is 2.44. The first kappa shape index (κ1) is 14.0. The average molecular weight is 238 g/mol. The summed E-state index contributed by atoms with van der Waals surface area (Å²) in [5.74, 6) is 2.40. The molecule has 1 fully saturated rings. The van der Waals surface area contributed by atoms with Gasteiger partial charge in [0.25, 0.3) is 0 Å². The van der Waals surface area contributed by atoms with Crippen LogP contribution in [0.1, 0.15) is 32.6 Å². The maximum absolute atomic E-state index is 11.8. The molecule has 0 saturated carbocycles. The van der Waals surface area contributed by atoms with Crippen LogP contribution in [0.3, 0.4) is 0 Å². The fourth-order valence-corrected chi connectivity index (χ4v) is 2.44. The van der Waals surface area contributed by atoms with Crippen LogP contribution in [-0.4, -0.2) is 47.7 Å². The van der Waals surface area contributed by atoms with E-state index in [-0.39, 0.29) is 18.6 Å². The number of carbonyl (C=O) groups is 1. The summed E-state index contributed by atoms with van der Waals surface area (Å²) < 4.78 is 0. The highest BCUT2D eigenvalue weighted by Crippen LogP contribution is 2.23. The van der Waals surface area contributed by atoms with Crippen LogP contribution in [0, 0.1) is 12.3 Å². The Balaban J connectivity index is 2.46. The number of carbonyl (C=O) groups excluding carboxylic acids is 1. The molecule has 2 unspecified atom stereocenters. The predicted octanol–water partition coefficient (Wildman–Crippen LogP) is 0.361. The number of amides is 1. The van der Waals surface area contributed by atoms with Crippen molar-refractivity contribution in [3.05, 3.63) is 0 Å². The Labute approximate surface area is 103 Å². The average Bonchev–Trinajstić information content (AvgIpc) is 2.80. The highest BCUT2D eigenvalue weighted by molar-refractivity contribution is 5.81. The van der Waals surface area contributed by atoms with Gasteiger partial charge in [0.1, 0.15) is 0 Å². The normalized spacial score (nSPS) is 22.1. The summed E-state index contributed by atoms with van der Waals surface area (Å²) in [5, 5.41) is 11.6. The molecule has 1 aliphatic heterocycles. The first-order valence-electron chi connectivity index (χ1n) is 6.28. The van der Waals surface area contributed by atoms with Crippen molar-refractivity contribution in [3.63, 3.8) is 0 Å². The number of aliphatic hydroxyl groups is 1. The van der Waals surface area contributed by atoms with Gasteiger partial charge in [0.05, 0.1) is 12.6 Å². The molecule has 0 aliphatic carbocycles. The van der Waals surface area contributed by atoms with E-state index in [0.717, 1.165) is 32.2 Å². The minimum absolute atomic E-state index is 0.00107. The van der Waals surface area contributed by atoms with Crippen molar-refractivity contribution in [1.29, 1.82) is 0 Å². The Morgan fingerprint density at radius 3 is 3.12 bits per heavy atom. The zero-order valence-corrected chi connectivity index (χ0v) is 10.5. The van der Waals surface area contributed by atoms with Gasteiger partial charge in [0.15, 0.2) is 0 Å². The lowest BCUT2D eigenvalue weighted by Gasteiger charge is -2.29. The number of hydrogen-bond donors (Lipinski definition) is 2. The van der Waals surface area contributed by atoms with E-state index in [1.807, 2.05) is 6.92 Å². The predicted molar refractivity (Wildman–Crippen MR) is 67.4 cm³/mol. The minimum Gasteiger partial charge on any atom is -0.396 e. The molecule has 0 aromatic rings. The summed E-state index contributed by atoms with van der Waals surface area (Å²) in [6.07, 6.45) is 9.13. The Morgan fingerprint density at radius 2 is 2.47 bits per heavy atom. The monoisotopic (exact) mass is 238 g/mol. The molecule has 1 rings (SSSR count). The molecule has 2 atom stereocenters. The molecule has 1 saturated heterocycles. The number of nitrogens with zero attached hydrogens (tertiary/aromatic N) is 1. The van der Waals surface area contributed by atoms with Crippen molar-refractivity contribution in [1.82, 2.24) is 10.2 Å². The van der Waals surface area contributed by atoms with Crippen LogP contribution >= 0.6 is 0 Å². The van der Waals surface area contributed by atoms with Crippen LogP contribution in [0.25, 0.3) is 0 Å². The van der Waals surface area contributed by atoms with Gasteiger partial charge in [-0.2, -0.15) is 0 Å². The van der Waals surface area contributed by atoms with E-state index in [9.17, 15) is 4.79 Å². The molecule has 0 aromatic carbocycles. The van der Waals surface area contributed by atoms with Gasteiger partial charge in [-0.15, -0.1) is 6.42 Å². The zero-order valence-electron chi connectivity index (χ0n) is 10.5. The largest absolute Gasteiger partial charge is 0.396 e. The smallest absolute Gasteiger partial charge is 0.237 e. The van der Waals surface area contributed by atoms with E-state index in [1.54, 1.807) is 0 Å². The third kappa shape index (κ3) is 4.03. The quantitative estimate of drug-likeness (QED) is 0.657. The summed E-state index contributed by atoms with van der Waals surface area (Å²) in [6, 6.07) is 0.295. The molecule has 4 nitrogen and oxygen atoms in total. The van der Waals surface area contributed by atoms with Gasteiger partial charge in [-0.3, -0.25) is 9.69 Å². The summed E-state index contributed by atoms with van der Waals surface area (Å²) in [6.45, 7) is 3.39. The first-order chi connectivity index (χ1) is 8.20. The lowest BCUT2D eigenvalue weighted by atomic mass is 10.1. The highest BCUT2D eigenvalue weighted by Gasteiger charge is 2.31. The number of nitrogens with one attached hydrogen (secondary N) is 1. The summed E-state index contributed by atoms with van der Waals surface area (Å²) in [7, 11) is 0. The van der Waals surface area contributed by atoms with E-state index >= 15 is 0 Å². The Bertz CT molecular complexity index is 286. The summed E-state index contributed by atoms with van der Waals surface area (Å²) in [4.78, 5) is 14.0. The number of aliphatic hydroxyl groups excluding tert-OH is 1. The molecule has 0 bridgehead atoms. The first-order valence-corrected chi connectivity index (χ1v) is 6.28. The molecule has 0 spiro atoms. The van der Waals surface area contributed by atoms with Crippen LogP contribution in [-0.2, 0) is 4.79 Å². The molecule has 1 heterocycles. The van der Waals surface area contributed by atoms with Crippen LogP contribution in [0.4, 0.5) is 0 Å². The summed E-state index contributed by atoms with van der Waals surface area (Å²) in [5.41, 5.74) is 0. The molecule has 0 radical (unpaired) electrons. The molecule has 2 N–H and O–H groups in total. The van der Waals surface area contributed by atoms with E-state index in [0.29, 0.717) is 12.6 Å². The van der Waals surface area contributed by atoms with E-state index in [2.05, 4.69) is 16.1 Å². The third-order valence-corrected chi connectivity index (χ3v) is 3.36. The maximum Gasteiger partial charge on any atom is 0.237 e. The Hall–Kier alpha value is -1.05. The Morgan fingerprint density at radius 1 is 1.71 bits per heavy atom. The third-order valence-electron chi connectivity index (χ3n) is 3.36. The van der Waals surface area contributed by atoms with Crippen molar-refractivity contribution in [2.45, 2.75) is 44.7 Å². The van der Waals surface area contributed by atoms with Crippen LogP contribution in [0.5, 0.6) is 0 Å². The van der Waals surface area contributed by atoms with Crippen molar-refractivity contribution >= 4 is 5.91 Å². The van der Waals surface area contributed by atoms with Gasteiger partial charge in [-0.25, -0.2) is 0 Å². The number of likely N-dealkylation sites (tertiary alicyclic amines) is 1. The van der Waals surface area contributed by atoms with Gasteiger partial charge >= 0.3 is 0 Å². The van der Waals surface area contributed by atoms with Gasteiger partial charge < -0.3 is 10.4 Å². The molecule has 0 aromatic heterocycles. The van der Waals surface area contributed by atoms with Crippen LogP contribution in [0.15, 0.2) is 0 Å². The van der Waals surface area contributed by atoms with Crippen LogP contribution in [0.2, 0.25) is 0 Å². The van der Waals surface area contributed by atoms with Gasteiger partial charge in [0.2, 0.25) is 5.91 Å². The number of hydrogen-bond acceptors (Lipinski definition) is 3. The second kappa shape index (κ2) is 7.31. The lowest BCUT2D eigenvalue weighted by molar-refractivity contribution is -0.126. The van der Waals surface area contributed by atoms with Crippen molar-refractivity contribution < 1.29 is 9.90 Å². The number of rotatable bonds is 6. The van der Waals surface area contributed by atoms with Crippen molar-refractivity contribution in [3.8, 4) is 12.3 Å². The summed E-state index contributed by atoms with van der Waals surface area (Å²) >= 11 is 0. The standard InChI is InChI=1S/C13H22N2O2/c1-3-8-14-13(17)11(2)15-9-4-6-12(15)7-5-10-16/h1,11-12,16H,4-10H2,2H3,(H,14,17). The maximum atomic E-state index is 11.8. The molecular formula is C13H22N2O2. The van der Waals surface area contributed by atoms with E-state index in [4.69, 9.17) is 11.5 Å². The molecule has 4 heteroatoms. The van der Waals surface area contributed by atoms with E-state index in [1.165, 1.54) is 0 Å². The fraction of sp³-hybridized carbons (Fsp3) is 0.769. The van der Waals surface area contributed by atoms with Crippen LogP contribution < -0.4 is 5.32 Å². The second-order valence-corrected chi connectivity index (χ2v) is 4.50. The van der Waals surface area contributed by atoms with Gasteiger partial charge in [-0.1, -0.05) is 5.92 Å². The minimum atomic E-state index is -0.130. The molecule has 17 heavy (non-hydrogen) atoms. The van der Waals surface area contributed by atoms with Crippen molar-refractivity contribution in [2.24, 2.45) is 0 Å². The topological polar surface area (TPSA) is 52.6 Å². The van der Waals surface area contributed by atoms with E-state index < -0.39 is 0 Å². The zero-order chi connectivity index (χ0) is 12.7. The number of terminal acetylenes is 1.